The predicted molar refractivity (Wildman–Crippen MR) is 371 cm³/mol. The van der Waals surface area contributed by atoms with Crippen LogP contribution in [0, 0.1) is 35.5 Å². The highest BCUT2D eigenvalue weighted by Gasteiger charge is 2.44. The average Bonchev–Trinajstić information content (AvgIpc) is 1.80. The summed E-state index contributed by atoms with van der Waals surface area (Å²) in [5.41, 5.74) is 7.52. The Labute approximate surface area is 575 Å². The number of rotatable bonds is 42. The van der Waals surface area contributed by atoms with Crippen LogP contribution in [0.2, 0.25) is 0 Å². The summed E-state index contributed by atoms with van der Waals surface area (Å²) in [6, 6.07) is 9.87. The lowest BCUT2D eigenvalue weighted by atomic mass is 9.89. The second-order valence-corrected chi connectivity index (χ2v) is 27.9. The minimum Gasteiger partial charge on any atom is -0.480 e. The van der Waals surface area contributed by atoms with Gasteiger partial charge in [-0.25, -0.2) is 9.59 Å². The summed E-state index contributed by atoms with van der Waals surface area (Å²) in [5, 5.41) is 24.1. The Balaban J connectivity index is 1.42. The molecule has 2 aromatic rings. The molecule has 8 N–H and O–H groups in total. The topological polar surface area (TPSA) is 329 Å². The number of methoxy groups -OCH3 is 2. The van der Waals surface area contributed by atoms with Crippen LogP contribution in [0.25, 0.3) is 0 Å². The number of nitrogens with zero attached hydrogens (tertiary/aromatic N) is 5. The molecule has 2 saturated heterocycles. The fraction of sp³-hybridized carbons (Fsp3) is 0.681. The van der Waals surface area contributed by atoms with Crippen molar-refractivity contribution in [2.45, 2.75) is 220 Å². The molecule has 2 fully saturated rings. The van der Waals surface area contributed by atoms with E-state index in [-0.39, 0.29) is 104 Å². The number of carboxylic acids is 1. The SMILES string of the molecule is CC[C@H](C)[C@@H]([C@@H](CC(=O)N1CCC[C@H]1[C@H](OC)[C@@H](C)C(=O)N[C@@H](Cc1ccccc1)C(=O)O)OC)N(C)C(=O)[C@H](CC(C)C)NC(=O)[C@H](C(C)C)N(C)CCc1ccc(N(C)C(=O)[C@H](CCCNC(N)=O)NC(=O)[C@H](CC(C)C)NC(=O)CCCCCN2C(=O)CC(C)C2=O)cc1. The molecule has 1 unspecified atom stereocenters. The zero-order chi connectivity index (χ0) is 72.4. The third kappa shape index (κ3) is 25.1. The van der Waals surface area contributed by atoms with Gasteiger partial charge in [-0.15, -0.1) is 0 Å². The van der Waals surface area contributed by atoms with Crippen molar-refractivity contribution in [2.75, 3.05) is 66.4 Å². The molecule has 0 bridgehead atoms. The number of amides is 11. The Morgan fingerprint density at radius 1 is 0.722 bits per heavy atom. The Bertz CT molecular complexity index is 2910. The highest BCUT2D eigenvalue weighted by Crippen LogP contribution is 2.31. The first-order valence-corrected chi connectivity index (χ1v) is 34.9. The summed E-state index contributed by atoms with van der Waals surface area (Å²) in [6.45, 7) is 20.4. The number of carbonyl (C=O) groups excluding carboxylic acids is 10. The molecule has 11 amide bonds. The summed E-state index contributed by atoms with van der Waals surface area (Å²) in [6.07, 6.45) is 3.91. The zero-order valence-electron chi connectivity index (χ0n) is 60.4. The highest BCUT2D eigenvalue weighted by molar-refractivity contribution is 6.03. The number of hydrogen-bond donors (Lipinski definition) is 7. The first kappa shape index (κ1) is 81.9. The van der Waals surface area contributed by atoms with Gasteiger partial charge in [0, 0.05) is 85.4 Å². The molecule has 0 aliphatic carbocycles. The van der Waals surface area contributed by atoms with E-state index in [1.54, 1.807) is 74.1 Å². The lowest BCUT2D eigenvalue weighted by Crippen LogP contribution is -2.59. The van der Waals surface area contributed by atoms with E-state index >= 15 is 0 Å². The molecule has 2 heterocycles. The Hall–Kier alpha value is -7.51. The molecule has 0 saturated carbocycles. The van der Waals surface area contributed by atoms with Gasteiger partial charge in [-0.1, -0.05) is 125 Å². The minimum atomic E-state index is -1.18. The summed E-state index contributed by atoms with van der Waals surface area (Å²) in [7, 11) is 8.16. The van der Waals surface area contributed by atoms with Gasteiger partial charge in [0.25, 0.3) is 0 Å². The molecule has 0 radical (unpaired) electrons. The second-order valence-electron chi connectivity index (χ2n) is 27.9. The van der Waals surface area contributed by atoms with Gasteiger partial charge < -0.3 is 61.6 Å². The normalized spacial score (nSPS) is 18.0. The van der Waals surface area contributed by atoms with Crippen LogP contribution in [-0.2, 0) is 70.3 Å². The van der Waals surface area contributed by atoms with Gasteiger partial charge in [0.1, 0.15) is 24.2 Å². The van der Waals surface area contributed by atoms with Gasteiger partial charge in [-0.3, -0.25) is 53.0 Å². The van der Waals surface area contributed by atoms with Crippen molar-refractivity contribution in [3.8, 4) is 0 Å². The van der Waals surface area contributed by atoms with E-state index in [0.717, 1.165) is 11.1 Å². The first-order chi connectivity index (χ1) is 45.8. The number of likely N-dealkylation sites (tertiary alicyclic amines) is 2. The summed E-state index contributed by atoms with van der Waals surface area (Å²) in [5.74, 6) is -5.67. The van der Waals surface area contributed by atoms with Gasteiger partial charge in [-0.05, 0) is 112 Å². The molecular weight excluding hydrogens is 1240 g/mol. The molecule has 12 atom stereocenters. The number of primary amides is 1. The van der Waals surface area contributed by atoms with Crippen molar-refractivity contribution in [3.05, 3.63) is 65.7 Å². The smallest absolute Gasteiger partial charge is 0.326 e. The maximum Gasteiger partial charge on any atom is 0.326 e. The molecule has 0 spiro atoms. The molecule has 542 valence electrons. The number of ether oxygens (including phenoxy) is 2. The number of aliphatic carboxylic acids is 1. The summed E-state index contributed by atoms with van der Waals surface area (Å²) < 4.78 is 12.1. The highest BCUT2D eigenvalue weighted by atomic mass is 16.5. The minimum absolute atomic E-state index is 0.00391. The molecule has 0 aromatic heterocycles. The fourth-order valence-corrected chi connectivity index (χ4v) is 13.4. The van der Waals surface area contributed by atoms with E-state index in [9.17, 15) is 57.8 Å². The maximum atomic E-state index is 15.0. The Morgan fingerprint density at radius 3 is 1.92 bits per heavy atom. The largest absolute Gasteiger partial charge is 0.480 e. The number of likely N-dealkylation sites (N-methyl/N-ethyl adjacent to an activating group) is 3. The molecule has 97 heavy (non-hydrogen) atoms. The first-order valence-electron chi connectivity index (χ1n) is 34.9. The second kappa shape index (κ2) is 40.4. The van der Waals surface area contributed by atoms with Crippen molar-refractivity contribution in [2.24, 2.45) is 41.2 Å². The number of carbonyl (C=O) groups is 11. The number of nitrogens with two attached hydrogens (primary N) is 1. The van der Waals surface area contributed by atoms with E-state index < -0.39 is 90.1 Å². The van der Waals surface area contributed by atoms with Gasteiger partial charge in [0.05, 0.1) is 42.7 Å². The van der Waals surface area contributed by atoms with Crippen molar-refractivity contribution in [1.29, 1.82) is 0 Å². The number of carboxylic acid groups (broad SMARTS) is 1. The fourth-order valence-electron chi connectivity index (χ4n) is 13.4. The monoisotopic (exact) mass is 1360 g/mol. The quantitative estimate of drug-likeness (QED) is 0.0304. The van der Waals surface area contributed by atoms with Crippen molar-refractivity contribution < 1.29 is 67.3 Å². The molecule has 2 aliphatic heterocycles. The number of unbranched alkanes of at least 4 members (excludes halogenated alkanes) is 2. The van der Waals surface area contributed by atoms with Crippen LogP contribution in [0.15, 0.2) is 54.6 Å². The summed E-state index contributed by atoms with van der Waals surface area (Å²) >= 11 is 0. The summed E-state index contributed by atoms with van der Waals surface area (Å²) in [4.78, 5) is 156. The van der Waals surface area contributed by atoms with Gasteiger partial charge >= 0.3 is 12.0 Å². The average molecular weight is 1360 g/mol. The number of benzene rings is 2. The van der Waals surface area contributed by atoms with Gasteiger partial charge in [0.2, 0.25) is 53.2 Å². The van der Waals surface area contributed by atoms with Crippen LogP contribution in [0.3, 0.4) is 0 Å². The van der Waals surface area contributed by atoms with Gasteiger partial charge in [0.15, 0.2) is 0 Å². The molecular formula is C72H115N11O14. The van der Waals surface area contributed by atoms with Crippen LogP contribution < -0.4 is 37.2 Å². The Morgan fingerprint density at radius 2 is 1.35 bits per heavy atom. The third-order valence-corrected chi connectivity index (χ3v) is 19.0. The van der Waals surface area contributed by atoms with Crippen LogP contribution in [-0.4, -0.2) is 206 Å². The predicted octanol–water partition coefficient (Wildman–Crippen LogP) is 5.83. The number of hydrogen-bond acceptors (Lipinski definition) is 14. The zero-order valence-corrected chi connectivity index (χ0v) is 60.4. The molecule has 2 aromatic carbocycles. The number of imide groups is 1. The van der Waals surface area contributed by atoms with Crippen molar-refractivity contribution in [3.63, 3.8) is 0 Å². The standard InChI is InChI=1S/C72H115N11O14/c1-16-47(8)63(58(96-14)43-61(86)82-37-24-28-57(82)64(97-15)49(10)65(87)78-56(71(93)94)42-51-25-19-17-20-26-51)81(13)70(92)55(40-45(4)5)77-67(89)62(46(6)7)79(11)38-34-50-30-32-52(33-31-50)80(12)69(91)53(27-23-35-74-72(73)95)76-66(88)54(39-44(2)3)75-59(84)29-21-18-22-36-83-60(85)41-48(9)68(83)90/h17,19-20,25-26,30-33,44-49,53-58,62-64H,16,18,21-24,27-29,34-43H2,1-15H3,(H,75,84)(H,76,88)(H,77,89)(H,78,87)(H,93,94)(H3,73,74,95)/t47-,48?,49+,53-,54-,55-,56-,57-,58+,62-,63-,64+/m0/s1. The van der Waals surface area contributed by atoms with Crippen LogP contribution in [0.5, 0.6) is 0 Å². The third-order valence-electron chi connectivity index (χ3n) is 19.0. The van der Waals surface area contributed by atoms with Crippen LogP contribution in [0.1, 0.15) is 164 Å². The van der Waals surface area contributed by atoms with Crippen molar-refractivity contribution in [1.82, 2.24) is 46.2 Å². The molecule has 25 heteroatoms. The number of nitrogens with one attached hydrogen (secondary N) is 5. The molecule has 25 nitrogen and oxygen atoms in total. The van der Waals surface area contributed by atoms with E-state index in [1.807, 2.05) is 85.5 Å². The van der Waals surface area contributed by atoms with Crippen molar-refractivity contribution >= 4 is 70.9 Å². The number of urea groups is 1. The lowest BCUT2D eigenvalue weighted by molar-refractivity contribution is -0.148. The van der Waals surface area contributed by atoms with E-state index in [2.05, 4.69) is 26.6 Å². The van der Waals surface area contributed by atoms with Crippen LogP contribution in [0.4, 0.5) is 10.5 Å². The number of anilines is 1. The Kier molecular flexibility index (Phi) is 34.1. The van der Waals surface area contributed by atoms with E-state index in [4.69, 9.17) is 15.2 Å². The molecule has 2 aliphatic rings. The van der Waals surface area contributed by atoms with E-state index in [1.165, 1.54) is 24.0 Å². The maximum absolute atomic E-state index is 15.0. The van der Waals surface area contributed by atoms with E-state index in [0.29, 0.717) is 89.5 Å². The van der Waals surface area contributed by atoms with Gasteiger partial charge in [-0.2, -0.15) is 0 Å². The van der Waals surface area contributed by atoms with Crippen LogP contribution >= 0.6 is 0 Å². The molecule has 4 rings (SSSR count). The lowest BCUT2D eigenvalue weighted by Gasteiger charge is -2.41.